The summed E-state index contributed by atoms with van der Waals surface area (Å²) in [5, 5.41) is 10.1. The second-order valence-electron chi connectivity index (χ2n) is 9.41. The molecule has 2 heterocycles. The summed E-state index contributed by atoms with van der Waals surface area (Å²) >= 11 is 13.2. The highest BCUT2D eigenvalue weighted by Crippen LogP contribution is 2.41. The SMILES string of the molecule is COc1ccc(Cl)cc1Cn1c(-c2cccc(CCCC(=O)O)c2Cl)nc2c(OC3(C)CC3)ncnc21. The number of aliphatic carboxylic acids is 1. The average molecular weight is 541 g/mol. The quantitative estimate of drug-likeness (QED) is 0.255. The second-order valence-corrected chi connectivity index (χ2v) is 10.2. The van der Waals surface area contributed by atoms with Crippen molar-refractivity contribution in [2.24, 2.45) is 0 Å². The third-order valence-corrected chi connectivity index (χ3v) is 7.20. The van der Waals surface area contributed by atoms with Crippen molar-refractivity contribution in [3.05, 3.63) is 63.9 Å². The van der Waals surface area contributed by atoms with E-state index < -0.39 is 5.97 Å². The predicted octanol–water partition coefficient (Wildman–Crippen LogP) is 6.20. The van der Waals surface area contributed by atoms with Gasteiger partial charge in [0, 0.05) is 22.6 Å². The maximum atomic E-state index is 11.0. The lowest BCUT2D eigenvalue weighted by Crippen LogP contribution is -2.13. The molecule has 1 fully saturated rings. The van der Waals surface area contributed by atoms with Gasteiger partial charge in [-0.25, -0.2) is 9.97 Å². The van der Waals surface area contributed by atoms with Crippen LogP contribution in [-0.2, 0) is 17.8 Å². The van der Waals surface area contributed by atoms with Crippen molar-refractivity contribution in [2.45, 2.75) is 51.2 Å². The van der Waals surface area contributed by atoms with Crippen LogP contribution in [-0.4, -0.2) is 43.3 Å². The van der Waals surface area contributed by atoms with Gasteiger partial charge in [-0.05, 0) is 62.4 Å². The molecule has 1 saturated carbocycles. The second kappa shape index (κ2) is 10.2. The highest BCUT2D eigenvalue weighted by Gasteiger charge is 2.41. The van der Waals surface area contributed by atoms with Gasteiger partial charge in [-0.3, -0.25) is 4.79 Å². The fourth-order valence-electron chi connectivity index (χ4n) is 4.27. The van der Waals surface area contributed by atoms with Gasteiger partial charge >= 0.3 is 5.97 Å². The van der Waals surface area contributed by atoms with Crippen molar-refractivity contribution in [2.75, 3.05) is 7.11 Å². The molecule has 0 atom stereocenters. The monoisotopic (exact) mass is 540 g/mol. The molecule has 37 heavy (non-hydrogen) atoms. The van der Waals surface area contributed by atoms with Gasteiger partial charge in [-0.15, -0.1) is 0 Å². The van der Waals surface area contributed by atoms with Crippen LogP contribution in [0, 0.1) is 0 Å². The number of hydrogen-bond acceptors (Lipinski definition) is 6. The van der Waals surface area contributed by atoms with Gasteiger partial charge < -0.3 is 19.1 Å². The molecule has 10 heteroatoms. The number of benzene rings is 2. The molecule has 0 radical (unpaired) electrons. The molecule has 0 amide bonds. The Morgan fingerprint density at radius 3 is 2.70 bits per heavy atom. The van der Waals surface area contributed by atoms with E-state index in [2.05, 4.69) is 9.97 Å². The summed E-state index contributed by atoms with van der Waals surface area (Å²) < 4.78 is 13.8. The minimum Gasteiger partial charge on any atom is -0.496 e. The van der Waals surface area contributed by atoms with Gasteiger partial charge in [-0.1, -0.05) is 35.3 Å². The molecule has 5 rings (SSSR count). The molecule has 1 aliphatic carbocycles. The number of aromatic nitrogens is 4. The Labute approximate surface area is 224 Å². The fraction of sp³-hybridized carbons (Fsp3) is 0.333. The zero-order valence-electron chi connectivity index (χ0n) is 20.5. The van der Waals surface area contributed by atoms with Crippen LogP contribution < -0.4 is 9.47 Å². The van der Waals surface area contributed by atoms with Crippen LogP contribution in [0.15, 0.2) is 42.7 Å². The number of hydrogen-bond donors (Lipinski definition) is 1. The first-order valence-electron chi connectivity index (χ1n) is 12.0. The van der Waals surface area contributed by atoms with E-state index in [1.54, 1.807) is 13.2 Å². The molecule has 1 N–H and O–H groups in total. The summed E-state index contributed by atoms with van der Waals surface area (Å²) in [5.41, 5.74) is 3.30. The Kier molecular flexibility index (Phi) is 6.96. The van der Waals surface area contributed by atoms with E-state index in [4.69, 9.17) is 42.8 Å². The number of imidazole rings is 1. The maximum Gasteiger partial charge on any atom is 0.303 e. The summed E-state index contributed by atoms with van der Waals surface area (Å²) in [6.45, 7) is 2.41. The minimum atomic E-state index is -0.833. The zero-order valence-corrected chi connectivity index (χ0v) is 22.0. The molecule has 0 saturated heterocycles. The van der Waals surface area contributed by atoms with E-state index in [0.29, 0.717) is 63.6 Å². The summed E-state index contributed by atoms with van der Waals surface area (Å²) in [4.78, 5) is 24.9. The number of rotatable bonds is 10. The number of ether oxygens (including phenoxy) is 2. The van der Waals surface area contributed by atoms with Crippen LogP contribution in [0.4, 0.5) is 0 Å². The van der Waals surface area contributed by atoms with Crippen LogP contribution >= 0.6 is 23.2 Å². The Morgan fingerprint density at radius 2 is 1.97 bits per heavy atom. The van der Waals surface area contributed by atoms with Crippen LogP contribution in [0.3, 0.4) is 0 Å². The van der Waals surface area contributed by atoms with Gasteiger partial charge in [0.15, 0.2) is 11.2 Å². The Morgan fingerprint density at radius 1 is 1.16 bits per heavy atom. The number of aryl methyl sites for hydroxylation is 1. The highest BCUT2D eigenvalue weighted by atomic mass is 35.5. The molecule has 0 spiro atoms. The van der Waals surface area contributed by atoms with Crippen molar-refractivity contribution in [3.63, 3.8) is 0 Å². The standard InChI is InChI=1S/C27H26Cl2N4O4/c1-27(11-12-27)37-26-23-25(30-15-31-26)33(14-17-13-18(28)9-10-20(17)36-2)24(32-23)19-7-3-5-16(22(19)29)6-4-8-21(34)35/h3,5,7,9-10,13,15H,4,6,8,11-12,14H2,1-2H3,(H,34,35). The maximum absolute atomic E-state index is 11.0. The normalized spacial score (nSPS) is 14.1. The Hall–Kier alpha value is -3.36. The van der Waals surface area contributed by atoms with Gasteiger partial charge in [0.05, 0.1) is 18.7 Å². The molecule has 0 unspecified atom stereocenters. The predicted molar refractivity (Wildman–Crippen MR) is 142 cm³/mol. The highest BCUT2D eigenvalue weighted by molar-refractivity contribution is 6.34. The lowest BCUT2D eigenvalue weighted by atomic mass is 10.0. The number of methoxy groups -OCH3 is 1. The van der Waals surface area contributed by atoms with Crippen LogP contribution in [0.25, 0.3) is 22.6 Å². The van der Waals surface area contributed by atoms with Crippen molar-refractivity contribution in [3.8, 4) is 23.0 Å². The third-order valence-electron chi connectivity index (χ3n) is 6.52. The van der Waals surface area contributed by atoms with Gasteiger partial charge in [0.1, 0.15) is 23.5 Å². The first kappa shape index (κ1) is 25.3. The smallest absolute Gasteiger partial charge is 0.303 e. The van der Waals surface area contributed by atoms with Crippen LogP contribution in [0.1, 0.15) is 43.7 Å². The van der Waals surface area contributed by atoms with E-state index in [1.165, 1.54) is 6.33 Å². The lowest BCUT2D eigenvalue weighted by Gasteiger charge is -2.14. The lowest BCUT2D eigenvalue weighted by molar-refractivity contribution is -0.137. The van der Waals surface area contributed by atoms with Crippen LogP contribution in [0.5, 0.6) is 11.6 Å². The first-order valence-corrected chi connectivity index (χ1v) is 12.8. The number of carboxylic acids is 1. The molecular weight excluding hydrogens is 515 g/mol. The van der Waals surface area contributed by atoms with Crippen LogP contribution in [0.2, 0.25) is 10.0 Å². The fourth-order valence-corrected chi connectivity index (χ4v) is 4.77. The number of nitrogens with zero attached hydrogens (tertiary/aromatic N) is 4. The van der Waals surface area contributed by atoms with E-state index >= 15 is 0 Å². The molecule has 1 aliphatic rings. The summed E-state index contributed by atoms with van der Waals surface area (Å²) in [6, 6.07) is 11.1. The van der Waals surface area contributed by atoms with E-state index in [0.717, 1.165) is 24.0 Å². The molecule has 8 nitrogen and oxygen atoms in total. The molecule has 0 bridgehead atoms. The summed E-state index contributed by atoms with van der Waals surface area (Å²) in [5.74, 6) is 0.868. The molecule has 0 aliphatic heterocycles. The first-order chi connectivity index (χ1) is 17.8. The summed E-state index contributed by atoms with van der Waals surface area (Å²) in [7, 11) is 1.61. The molecular formula is C27H26Cl2N4O4. The number of halogens is 2. The Balaban J connectivity index is 1.65. The third kappa shape index (κ3) is 5.36. The molecule has 2 aromatic heterocycles. The molecule has 4 aromatic rings. The van der Waals surface area contributed by atoms with E-state index in [9.17, 15) is 4.79 Å². The van der Waals surface area contributed by atoms with E-state index in [1.807, 2.05) is 41.8 Å². The Bertz CT molecular complexity index is 1480. The number of carbonyl (C=O) groups is 1. The topological polar surface area (TPSA) is 99.4 Å². The van der Waals surface area contributed by atoms with E-state index in [-0.39, 0.29) is 12.0 Å². The molecule has 192 valence electrons. The summed E-state index contributed by atoms with van der Waals surface area (Å²) in [6.07, 6.45) is 4.48. The van der Waals surface area contributed by atoms with Crippen molar-refractivity contribution >= 4 is 40.3 Å². The average Bonchev–Trinajstić information content (AvgIpc) is 3.48. The van der Waals surface area contributed by atoms with Gasteiger partial charge in [0.2, 0.25) is 5.88 Å². The van der Waals surface area contributed by atoms with Gasteiger partial charge in [0.25, 0.3) is 0 Å². The van der Waals surface area contributed by atoms with Crippen molar-refractivity contribution < 1.29 is 19.4 Å². The van der Waals surface area contributed by atoms with Crippen molar-refractivity contribution in [1.82, 2.24) is 19.5 Å². The largest absolute Gasteiger partial charge is 0.496 e. The molecule has 2 aromatic carbocycles. The van der Waals surface area contributed by atoms with Gasteiger partial charge in [-0.2, -0.15) is 4.98 Å². The number of carboxylic acid groups (broad SMARTS) is 1. The number of fused-ring (bicyclic) bond motifs is 1. The van der Waals surface area contributed by atoms with Crippen molar-refractivity contribution in [1.29, 1.82) is 0 Å². The zero-order chi connectivity index (χ0) is 26.2. The minimum absolute atomic E-state index is 0.0721.